The summed E-state index contributed by atoms with van der Waals surface area (Å²) in [6, 6.07) is 14.3. The molecule has 1 aliphatic heterocycles. The van der Waals surface area contributed by atoms with Crippen LogP contribution in [-0.4, -0.2) is 43.1 Å². The molecule has 7 heteroatoms. The van der Waals surface area contributed by atoms with Gasteiger partial charge in [0.05, 0.1) is 36.8 Å². The van der Waals surface area contributed by atoms with E-state index in [0.717, 1.165) is 4.90 Å². The van der Waals surface area contributed by atoms with Crippen molar-refractivity contribution in [3.05, 3.63) is 64.0 Å². The van der Waals surface area contributed by atoms with E-state index in [-0.39, 0.29) is 24.5 Å². The van der Waals surface area contributed by atoms with Gasteiger partial charge in [-0.25, -0.2) is 0 Å². The molecule has 152 valence electrons. The fourth-order valence-corrected chi connectivity index (χ4v) is 4.00. The van der Waals surface area contributed by atoms with Crippen LogP contribution in [0.4, 0.5) is 0 Å². The highest BCUT2D eigenvalue weighted by molar-refractivity contribution is 8.04. The standard InChI is InChI=1S/C22H22ClNO4S/c1-14(2)28-13-12-24-21(25)19(15-4-8-17(27-3)9-5-15)20(22(24)26)29-18-10-6-16(23)7-11-18/h4-11,14H,12-13H2,1-3H3. The largest absolute Gasteiger partial charge is 0.497 e. The predicted molar refractivity (Wildman–Crippen MR) is 115 cm³/mol. The number of rotatable bonds is 8. The lowest BCUT2D eigenvalue weighted by Gasteiger charge is -2.16. The van der Waals surface area contributed by atoms with E-state index in [2.05, 4.69) is 0 Å². The van der Waals surface area contributed by atoms with Crippen molar-refractivity contribution in [2.45, 2.75) is 24.8 Å². The Kier molecular flexibility index (Phi) is 7.00. The van der Waals surface area contributed by atoms with Crippen LogP contribution in [0.3, 0.4) is 0 Å². The lowest BCUT2D eigenvalue weighted by Crippen LogP contribution is -2.35. The summed E-state index contributed by atoms with van der Waals surface area (Å²) >= 11 is 7.23. The molecule has 3 rings (SSSR count). The highest BCUT2D eigenvalue weighted by Gasteiger charge is 2.39. The van der Waals surface area contributed by atoms with E-state index >= 15 is 0 Å². The first-order valence-electron chi connectivity index (χ1n) is 9.20. The summed E-state index contributed by atoms with van der Waals surface area (Å²) in [5.74, 6) is 0.0531. The Balaban J connectivity index is 1.94. The van der Waals surface area contributed by atoms with Gasteiger partial charge >= 0.3 is 0 Å². The number of halogens is 1. The predicted octanol–water partition coefficient (Wildman–Crippen LogP) is 4.65. The Hall–Kier alpha value is -2.28. The fourth-order valence-electron chi connectivity index (χ4n) is 2.86. The van der Waals surface area contributed by atoms with Crippen LogP contribution in [0.25, 0.3) is 5.57 Å². The molecule has 0 aromatic heterocycles. The maximum absolute atomic E-state index is 13.1. The molecule has 0 saturated carbocycles. The van der Waals surface area contributed by atoms with Gasteiger partial charge in [0.2, 0.25) is 0 Å². The number of imide groups is 1. The number of ether oxygens (including phenoxy) is 2. The number of hydrogen-bond donors (Lipinski definition) is 0. The van der Waals surface area contributed by atoms with Crippen molar-refractivity contribution in [2.75, 3.05) is 20.3 Å². The lowest BCUT2D eigenvalue weighted by atomic mass is 10.1. The Morgan fingerprint density at radius 3 is 2.24 bits per heavy atom. The number of thioether (sulfide) groups is 1. The highest BCUT2D eigenvalue weighted by atomic mass is 35.5. The molecular formula is C22H22ClNO4S. The maximum Gasteiger partial charge on any atom is 0.268 e. The minimum absolute atomic E-state index is 0.0275. The first-order chi connectivity index (χ1) is 13.9. The first-order valence-corrected chi connectivity index (χ1v) is 10.4. The average molecular weight is 432 g/mol. The Labute approximate surface area is 179 Å². The molecule has 0 aliphatic carbocycles. The third kappa shape index (κ3) is 5.01. The van der Waals surface area contributed by atoms with Gasteiger partial charge in [-0.05, 0) is 55.8 Å². The molecule has 2 aromatic rings. The molecule has 5 nitrogen and oxygen atoms in total. The zero-order valence-corrected chi connectivity index (χ0v) is 18.0. The average Bonchev–Trinajstić information content (AvgIpc) is 2.94. The van der Waals surface area contributed by atoms with E-state index in [0.29, 0.717) is 33.4 Å². The molecule has 0 spiro atoms. The Bertz CT molecular complexity index is 923. The number of carbonyl (C=O) groups is 2. The van der Waals surface area contributed by atoms with Crippen molar-refractivity contribution in [3.8, 4) is 5.75 Å². The number of benzene rings is 2. The second-order valence-electron chi connectivity index (χ2n) is 6.67. The molecule has 0 unspecified atom stereocenters. The molecule has 0 N–H and O–H groups in total. The van der Waals surface area contributed by atoms with Crippen LogP contribution in [0, 0.1) is 0 Å². The molecule has 2 aromatic carbocycles. The van der Waals surface area contributed by atoms with Crippen LogP contribution in [0.15, 0.2) is 58.3 Å². The summed E-state index contributed by atoms with van der Waals surface area (Å²) < 4.78 is 10.7. The van der Waals surface area contributed by atoms with Crippen molar-refractivity contribution in [1.29, 1.82) is 0 Å². The molecule has 0 atom stereocenters. The van der Waals surface area contributed by atoms with Crippen LogP contribution < -0.4 is 4.74 Å². The fraction of sp³-hybridized carbons (Fsp3) is 0.273. The van der Waals surface area contributed by atoms with Gasteiger partial charge < -0.3 is 9.47 Å². The molecule has 1 heterocycles. The van der Waals surface area contributed by atoms with Gasteiger partial charge in [-0.1, -0.05) is 35.5 Å². The normalized spacial score (nSPS) is 14.3. The van der Waals surface area contributed by atoms with Crippen molar-refractivity contribution in [3.63, 3.8) is 0 Å². The topological polar surface area (TPSA) is 55.8 Å². The smallest absolute Gasteiger partial charge is 0.268 e. The van der Waals surface area contributed by atoms with Crippen LogP contribution in [-0.2, 0) is 14.3 Å². The molecule has 29 heavy (non-hydrogen) atoms. The zero-order chi connectivity index (χ0) is 21.0. The van der Waals surface area contributed by atoms with Crippen molar-refractivity contribution in [1.82, 2.24) is 4.90 Å². The maximum atomic E-state index is 13.1. The summed E-state index contributed by atoms with van der Waals surface area (Å²) in [5, 5.41) is 0.611. The van der Waals surface area contributed by atoms with Gasteiger partial charge in [0.25, 0.3) is 11.8 Å². The van der Waals surface area contributed by atoms with E-state index in [4.69, 9.17) is 21.1 Å². The molecule has 0 bridgehead atoms. The van der Waals surface area contributed by atoms with Crippen LogP contribution >= 0.6 is 23.4 Å². The zero-order valence-electron chi connectivity index (χ0n) is 16.5. The van der Waals surface area contributed by atoms with E-state index in [1.165, 1.54) is 16.7 Å². The lowest BCUT2D eigenvalue weighted by molar-refractivity contribution is -0.137. The Morgan fingerprint density at radius 1 is 1.00 bits per heavy atom. The van der Waals surface area contributed by atoms with E-state index in [1.807, 2.05) is 26.0 Å². The quantitative estimate of drug-likeness (QED) is 0.569. The van der Waals surface area contributed by atoms with Crippen molar-refractivity contribution >= 4 is 40.8 Å². The first kappa shape index (κ1) is 21.4. The summed E-state index contributed by atoms with van der Waals surface area (Å²) in [7, 11) is 1.58. The number of methoxy groups -OCH3 is 1. The molecule has 0 radical (unpaired) electrons. The molecule has 1 aliphatic rings. The third-order valence-corrected chi connectivity index (χ3v) is 5.65. The highest BCUT2D eigenvalue weighted by Crippen LogP contribution is 2.40. The summed E-state index contributed by atoms with van der Waals surface area (Å²) in [5.41, 5.74) is 1.06. The second-order valence-corrected chi connectivity index (χ2v) is 8.19. The summed E-state index contributed by atoms with van der Waals surface area (Å²) in [6.45, 7) is 4.33. The number of amides is 2. The van der Waals surface area contributed by atoms with Gasteiger partial charge in [-0.2, -0.15) is 0 Å². The van der Waals surface area contributed by atoms with Crippen LogP contribution in [0.5, 0.6) is 5.75 Å². The molecule has 0 fully saturated rings. The summed E-state index contributed by atoms with van der Waals surface area (Å²) in [4.78, 5) is 28.7. The molecule has 2 amide bonds. The van der Waals surface area contributed by atoms with E-state index in [1.54, 1.807) is 43.5 Å². The van der Waals surface area contributed by atoms with Gasteiger partial charge in [-0.3, -0.25) is 14.5 Å². The van der Waals surface area contributed by atoms with Gasteiger partial charge in [0.1, 0.15) is 5.75 Å². The van der Waals surface area contributed by atoms with Crippen LogP contribution in [0.1, 0.15) is 19.4 Å². The number of nitrogens with zero attached hydrogens (tertiary/aromatic N) is 1. The van der Waals surface area contributed by atoms with Gasteiger partial charge in [0.15, 0.2) is 0 Å². The second kappa shape index (κ2) is 9.48. The van der Waals surface area contributed by atoms with E-state index < -0.39 is 0 Å². The minimum Gasteiger partial charge on any atom is -0.497 e. The van der Waals surface area contributed by atoms with Crippen molar-refractivity contribution in [2.24, 2.45) is 0 Å². The molecular weight excluding hydrogens is 410 g/mol. The SMILES string of the molecule is COc1ccc(C2=C(Sc3ccc(Cl)cc3)C(=O)N(CCOC(C)C)C2=O)cc1. The number of carbonyl (C=O) groups excluding carboxylic acids is 2. The summed E-state index contributed by atoms with van der Waals surface area (Å²) in [6.07, 6.45) is 0.0275. The Morgan fingerprint density at radius 2 is 1.66 bits per heavy atom. The van der Waals surface area contributed by atoms with Gasteiger partial charge in [-0.15, -0.1) is 0 Å². The van der Waals surface area contributed by atoms with E-state index in [9.17, 15) is 9.59 Å². The third-order valence-electron chi connectivity index (χ3n) is 4.30. The molecule has 0 saturated heterocycles. The van der Waals surface area contributed by atoms with Crippen LogP contribution in [0.2, 0.25) is 5.02 Å². The van der Waals surface area contributed by atoms with Gasteiger partial charge in [0, 0.05) is 9.92 Å². The number of hydrogen-bond acceptors (Lipinski definition) is 5. The minimum atomic E-state index is -0.316. The monoisotopic (exact) mass is 431 g/mol. The van der Waals surface area contributed by atoms with Crippen molar-refractivity contribution < 1.29 is 19.1 Å².